The molecular formula is C20H18FN3O3. The van der Waals surface area contributed by atoms with Crippen LogP contribution in [-0.4, -0.2) is 15.5 Å². The van der Waals surface area contributed by atoms with Crippen molar-refractivity contribution in [3.63, 3.8) is 0 Å². The van der Waals surface area contributed by atoms with Crippen LogP contribution in [0.15, 0.2) is 52.2 Å². The van der Waals surface area contributed by atoms with E-state index in [9.17, 15) is 18.8 Å². The Balaban J connectivity index is 2.04. The second-order valence-corrected chi connectivity index (χ2v) is 6.35. The van der Waals surface area contributed by atoms with Crippen LogP contribution in [0.2, 0.25) is 0 Å². The van der Waals surface area contributed by atoms with Crippen molar-refractivity contribution in [3.05, 3.63) is 91.5 Å². The van der Waals surface area contributed by atoms with Crippen LogP contribution in [0.5, 0.6) is 0 Å². The maximum Gasteiger partial charge on any atom is 0.333 e. The lowest BCUT2D eigenvalue weighted by atomic mass is 10.0. The quantitative estimate of drug-likeness (QED) is 0.747. The van der Waals surface area contributed by atoms with Gasteiger partial charge in [-0.15, -0.1) is 0 Å². The molecule has 0 spiro atoms. The van der Waals surface area contributed by atoms with Gasteiger partial charge in [-0.2, -0.15) is 0 Å². The number of H-pyrrole nitrogens is 1. The van der Waals surface area contributed by atoms with Gasteiger partial charge < -0.3 is 10.3 Å². The van der Waals surface area contributed by atoms with Gasteiger partial charge in [-0.1, -0.05) is 17.7 Å². The fraction of sp³-hybridized carbons (Fsp3) is 0.150. The first kappa shape index (κ1) is 18.3. The second kappa shape index (κ2) is 7.03. The van der Waals surface area contributed by atoms with Gasteiger partial charge in [-0.3, -0.25) is 9.59 Å². The minimum atomic E-state index is -0.787. The molecule has 7 heteroatoms. The molecule has 3 rings (SSSR count). The zero-order valence-corrected chi connectivity index (χ0v) is 15.1. The van der Waals surface area contributed by atoms with E-state index in [1.165, 1.54) is 12.1 Å². The van der Waals surface area contributed by atoms with Gasteiger partial charge in [0.2, 0.25) is 0 Å². The van der Waals surface area contributed by atoms with Crippen molar-refractivity contribution in [1.82, 2.24) is 9.55 Å². The minimum Gasteiger partial charge on any atom is -0.321 e. The Bertz CT molecular complexity index is 1120. The molecule has 3 aromatic rings. The summed E-state index contributed by atoms with van der Waals surface area (Å²) in [7, 11) is 0. The molecule has 0 fully saturated rings. The largest absolute Gasteiger partial charge is 0.333 e. The third-order valence-electron chi connectivity index (χ3n) is 4.22. The van der Waals surface area contributed by atoms with E-state index < -0.39 is 23.0 Å². The Morgan fingerprint density at radius 1 is 1.04 bits per heavy atom. The summed E-state index contributed by atoms with van der Waals surface area (Å²) in [6, 6.07) is 8.70. The summed E-state index contributed by atoms with van der Waals surface area (Å²) in [5, 5.41) is 2.74. The Morgan fingerprint density at radius 2 is 1.63 bits per heavy atom. The predicted molar refractivity (Wildman–Crippen MR) is 101 cm³/mol. The fourth-order valence-electron chi connectivity index (χ4n) is 3.02. The van der Waals surface area contributed by atoms with Crippen molar-refractivity contribution in [1.29, 1.82) is 0 Å². The summed E-state index contributed by atoms with van der Waals surface area (Å²) in [5.41, 5.74) is 1.85. The first-order valence-corrected chi connectivity index (χ1v) is 8.28. The van der Waals surface area contributed by atoms with Crippen molar-refractivity contribution >= 4 is 11.6 Å². The highest BCUT2D eigenvalue weighted by Crippen LogP contribution is 2.22. The Hall–Kier alpha value is -3.48. The average molecular weight is 367 g/mol. The summed E-state index contributed by atoms with van der Waals surface area (Å²) in [4.78, 5) is 39.9. The highest BCUT2D eigenvalue weighted by Gasteiger charge is 2.17. The zero-order chi connectivity index (χ0) is 19.7. The molecule has 0 aliphatic carbocycles. The number of hydrogen-bond donors (Lipinski definition) is 2. The predicted octanol–water partition coefficient (Wildman–Crippen LogP) is 2.84. The van der Waals surface area contributed by atoms with Gasteiger partial charge in [-0.25, -0.2) is 13.8 Å². The summed E-state index contributed by atoms with van der Waals surface area (Å²) in [6.45, 7) is 5.67. The summed E-state index contributed by atoms with van der Waals surface area (Å²) < 4.78 is 13.9. The van der Waals surface area contributed by atoms with Gasteiger partial charge in [0.15, 0.2) is 0 Å². The van der Waals surface area contributed by atoms with Crippen LogP contribution in [0.3, 0.4) is 0 Å². The Morgan fingerprint density at radius 3 is 2.22 bits per heavy atom. The summed E-state index contributed by atoms with van der Waals surface area (Å²) in [6.07, 6.45) is 1.08. The number of halogens is 1. The smallest absolute Gasteiger partial charge is 0.321 e. The zero-order valence-electron chi connectivity index (χ0n) is 15.1. The first-order chi connectivity index (χ1) is 12.8. The van der Waals surface area contributed by atoms with Crippen molar-refractivity contribution in [2.24, 2.45) is 0 Å². The molecule has 0 saturated heterocycles. The molecule has 1 amide bonds. The van der Waals surface area contributed by atoms with Crippen LogP contribution < -0.4 is 16.6 Å². The van der Waals surface area contributed by atoms with Crippen molar-refractivity contribution in [2.45, 2.75) is 20.8 Å². The van der Waals surface area contributed by atoms with Crippen molar-refractivity contribution in [3.8, 4) is 5.69 Å². The van der Waals surface area contributed by atoms with Crippen molar-refractivity contribution in [2.75, 3.05) is 5.32 Å². The molecule has 27 heavy (non-hydrogen) atoms. The van der Waals surface area contributed by atoms with E-state index in [1.807, 2.05) is 32.9 Å². The van der Waals surface area contributed by atoms with E-state index in [0.717, 1.165) is 39.6 Å². The van der Waals surface area contributed by atoms with Gasteiger partial charge in [0.1, 0.15) is 11.4 Å². The number of nitrogens with one attached hydrogen (secondary N) is 2. The molecule has 0 atom stereocenters. The van der Waals surface area contributed by atoms with Gasteiger partial charge in [0.25, 0.3) is 11.5 Å². The second-order valence-electron chi connectivity index (χ2n) is 6.35. The molecule has 0 aliphatic heterocycles. The molecule has 2 N–H and O–H groups in total. The van der Waals surface area contributed by atoms with E-state index in [0.29, 0.717) is 5.69 Å². The van der Waals surface area contributed by atoms with Crippen LogP contribution in [0, 0.1) is 26.6 Å². The van der Waals surface area contributed by atoms with Gasteiger partial charge in [0, 0.05) is 11.9 Å². The molecule has 138 valence electrons. The van der Waals surface area contributed by atoms with Crippen LogP contribution in [0.25, 0.3) is 5.69 Å². The lowest BCUT2D eigenvalue weighted by Gasteiger charge is -2.13. The molecule has 6 nitrogen and oxygen atoms in total. The van der Waals surface area contributed by atoms with Crippen LogP contribution in [-0.2, 0) is 0 Å². The third-order valence-corrected chi connectivity index (χ3v) is 4.22. The number of carbonyl (C=O) groups is 1. The highest BCUT2D eigenvalue weighted by molar-refractivity contribution is 6.04. The molecule has 0 saturated carbocycles. The van der Waals surface area contributed by atoms with Gasteiger partial charge in [0.05, 0.1) is 5.69 Å². The lowest BCUT2D eigenvalue weighted by Crippen LogP contribution is -2.38. The standard InChI is InChI=1S/C20H18FN3O3/c1-11-8-12(2)17(13(3)9-11)23-18(25)16-10-22-20(27)24(19(16)26)15-6-4-14(21)5-7-15/h4-10H,1-3H3,(H,22,27)(H,23,25). The number of amides is 1. The number of aromatic amines is 1. The monoisotopic (exact) mass is 367 g/mol. The number of aryl methyl sites for hydroxylation is 3. The minimum absolute atomic E-state index is 0.167. The maximum atomic E-state index is 13.1. The van der Waals surface area contributed by atoms with E-state index in [1.54, 1.807) is 0 Å². The Kier molecular flexibility index (Phi) is 4.77. The van der Waals surface area contributed by atoms with Gasteiger partial charge >= 0.3 is 5.69 Å². The van der Waals surface area contributed by atoms with Crippen LogP contribution in [0.1, 0.15) is 27.0 Å². The summed E-state index contributed by atoms with van der Waals surface area (Å²) in [5.74, 6) is -1.13. The van der Waals surface area contributed by atoms with E-state index >= 15 is 0 Å². The fourth-order valence-corrected chi connectivity index (χ4v) is 3.02. The maximum absolute atomic E-state index is 13.1. The SMILES string of the molecule is Cc1cc(C)c(NC(=O)c2c[nH]c(=O)n(-c3ccc(F)cc3)c2=O)c(C)c1. The lowest BCUT2D eigenvalue weighted by molar-refractivity contribution is 0.102. The number of hydrogen-bond acceptors (Lipinski definition) is 3. The average Bonchev–Trinajstić information content (AvgIpc) is 2.59. The van der Waals surface area contributed by atoms with E-state index in [4.69, 9.17) is 0 Å². The molecule has 1 aromatic heterocycles. The topological polar surface area (TPSA) is 84.0 Å². The van der Waals surface area contributed by atoms with E-state index in [2.05, 4.69) is 10.3 Å². The number of rotatable bonds is 3. The molecular weight excluding hydrogens is 349 g/mol. The molecule has 0 radical (unpaired) electrons. The molecule has 0 bridgehead atoms. The summed E-state index contributed by atoms with van der Waals surface area (Å²) >= 11 is 0. The molecule has 0 aliphatic rings. The third kappa shape index (κ3) is 3.57. The first-order valence-electron chi connectivity index (χ1n) is 8.28. The Labute approximate surface area is 154 Å². The molecule has 2 aromatic carbocycles. The highest BCUT2D eigenvalue weighted by atomic mass is 19.1. The van der Waals surface area contributed by atoms with E-state index in [-0.39, 0.29) is 11.3 Å². The number of anilines is 1. The van der Waals surface area contributed by atoms with Crippen LogP contribution >= 0.6 is 0 Å². The molecule has 0 unspecified atom stereocenters. The number of aromatic nitrogens is 2. The molecule has 1 heterocycles. The van der Waals surface area contributed by atoms with Crippen LogP contribution in [0.4, 0.5) is 10.1 Å². The van der Waals surface area contributed by atoms with Gasteiger partial charge in [-0.05, 0) is 56.2 Å². The number of carbonyl (C=O) groups excluding carboxylic acids is 1. The number of nitrogens with zero attached hydrogens (tertiary/aromatic N) is 1. The van der Waals surface area contributed by atoms with Crippen molar-refractivity contribution < 1.29 is 9.18 Å². The number of benzene rings is 2. The normalized spacial score (nSPS) is 10.7.